The van der Waals surface area contributed by atoms with Gasteiger partial charge in [0.2, 0.25) is 0 Å². The van der Waals surface area contributed by atoms with E-state index in [-0.39, 0.29) is 5.97 Å². The van der Waals surface area contributed by atoms with Crippen molar-refractivity contribution in [1.29, 1.82) is 0 Å². The van der Waals surface area contributed by atoms with E-state index < -0.39 is 0 Å². The number of ether oxygens (including phenoxy) is 1. The Morgan fingerprint density at radius 2 is 1.02 bits per heavy atom. The Balaban J connectivity index is 3.98. The fourth-order valence-electron chi connectivity index (χ4n) is 5.64. The third-order valence-corrected chi connectivity index (χ3v) is 11.2. The van der Waals surface area contributed by atoms with E-state index in [1.54, 1.807) is 0 Å². The predicted molar refractivity (Wildman–Crippen MR) is 211 cm³/mol. The SMILES string of the molecule is CCCCC/C=C\C/C=C\CCCCCCCCN(CCCN(CC)CC)CCC(=O)OCCSSCCCCCCCCCC. The second-order valence-corrected chi connectivity index (χ2v) is 15.6. The van der Waals surface area contributed by atoms with Crippen LogP contribution in [-0.4, -0.2) is 73.2 Å². The summed E-state index contributed by atoms with van der Waals surface area (Å²) < 4.78 is 5.58. The summed E-state index contributed by atoms with van der Waals surface area (Å²) in [4.78, 5) is 17.5. The average Bonchev–Trinajstić information content (AvgIpc) is 3.07. The van der Waals surface area contributed by atoms with E-state index in [2.05, 4.69) is 61.8 Å². The summed E-state index contributed by atoms with van der Waals surface area (Å²) >= 11 is 0. The highest BCUT2D eigenvalue weighted by Crippen LogP contribution is 2.23. The Morgan fingerprint density at radius 1 is 0.522 bits per heavy atom. The second kappa shape index (κ2) is 39.0. The molecule has 0 N–H and O–H groups in total. The van der Waals surface area contributed by atoms with Gasteiger partial charge in [-0.15, -0.1) is 0 Å². The molecule has 0 aliphatic rings. The molecule has 0 aromatic rings. The summed E-state index contributed by atoms with van der Waals surface area (Å²) in [5, 5.41) is 0. The van der Waals surface area contributed by atoms with Crippen LogP contribution in [0.2, 0.25) is 0 Å². The van der Waals surface area contributed by atoms with Crippen molar-refractivity contribution in [3.8, 4) is 0 Å². The second-order valence-electron chi connectivity index (χ2n) is 12.9. The van der Waals surface area contributed by atoms with Crippen LogP contribution in [-0.2, 0) is 9.53 Å². The van der Waals surface area contributed by atoms with E-state index in [0.29, 0.717) is 13.0 Å². The minimum Gasteiger partial charge on any atom is -0.465 e. The molecule has 0 aromatic heterocycles. The maximum atomic E-state index is 12.5. The summed E-state index contributed by atoms with van der Waals surface area (Å²) in [5.74, 6) is 2.08. The lowest BCUT2D eigenvalue weighted by Crippen LogP contribution is -2.32. The van der Waals surface area contributed by atoms with Gasteiger partial charge in [0.05, 0.1) is 6.42 Å². The fraction of sp³-hybridized carbons (Fsp3) is 0.875. The van der Waals surface area contributed by atoms with Crippen LogP contribution in [0.25, 0.3) is 0 Å². The van der Waals surface area contributed by atoms with Crippen molar-refractivity contribution < 1.29 is 9.53 Å². The number of esters is 1. The van der Waals surface area contributed by atoms with Gasteiger partial charge in [-0.2, -0.15) is 0 Å². The van der Waals surface area contributed by atoms with Crippen LogP contribution in [0.5, 0.6) is 0 Å². The van der Waals surface area contributed by atoms with E-state index in [1.165, 1.54) is 134 Å². The lowest BCUT2D eigenvalue weighted by atomic mass is 10.1. The Morgan fingerprint density at radius 3 is 1.67 bits per heavy atom. The van der Waals surface area contributed by atoms with Crippen LogP contribution in [0.4, 0.5) is 0 Å². The largest absolute Gasteiger partial charge is 0.465 e. The summed E-state index contributed by atoms with van der Waals surface area (Å²) in [5.41, 5.74) is 0. The summed E-state index contributed by atoms with van der Waals surface area (Å²) in [6, 6.07) is 0. The molecule has 0 bridgehead atoms. The molecule has 272 valence electrons. The van der Waals surface area contributed by atoms with E-state index in [4.69, 9.17) is 4.74 Å². The van der Waals surface area contributed by atoms with Gasteiger partial charge in [0.15, 0.2) is 0 Å². The molecular weight excluding hydrogens is 605 g/mol. The van der Waals surface area contributed by atoms with Crippen molar-refractivity contribution in [3.63, 3.8) is 0 Å². The summed E-state index contributed by atoms with van der Waals surface area (Å²) in [6.45, 7) is 16.0. The smallest absolute Gasteiger partial charge is 0.307 e. The number of nitrogens with zero attached hydrogens (tertiary/aromatic N) is 2. The van der Waals surface area contributed by atoms with E-state index >= 15 is 0 Å². The van der Waals surface area contributed by atoms with Gasteiger partial charge in [-0.25, -0.2) is 0 Å². The minimum absolute atomic E-state index is 0.0283. The number of carbonyl (C=O) groups excluding carboxylic acids is 1. The van der Waals surface area contributed by atoms with Crippen LogP contribution < -0.4 is 0 Å². The first kappa shape index (κ1) is 45.6. The molecule has 46 heavy (non-hydrogen) atoms. The van der Waals surface area contributed by atoms with Crippen molar-refractivity contribution in [3.05, 3.63) is 24.3 Å². The zero-order valence-electron chi connectivity index (χ0n) is 31.3. The average molecular weight is 683 g/mol. The Labute approximate surface area is 296 Å². The lowest BCUT2D eigenvalue weighted by molar-refractivity contribution is -0.143. The van der Waals surface area contributed by atoms with Crippen molar-refractivity contribution in [2.24, 2.45) is 0 Å². The van der Waals surface area contributed by atoms with Gasteiger partial charge >= 0.3 is 5.97 Å². The maximum Gasteiger partial charge on any atom is 0.307 e. The molecule has 0 aromatic carbocycles. The van der Waals surface area contributed by atoms with E-state index in [1.807, 2.05) is 21.6 Å². The quantitative estimate of drug-likeness (QED) is 0.0281. The predicted octanol–water partition coefficient (Wildman–Crippen LogP) is 12.3. The zero-order chi connectivity index (χ0) is 33.6. The Bertz CT molecular complexity index is 670. The van der Waals surface area contributed by atoms with Gasteiger partial charge in [-0.3, -0.25) is 4.79 Å². The topological polar surface area (TPSA) is 32.8 Å². The number of hydrogen-bond donors (Lipinski definition) is 0. The molecule has 0 radical (unpaired) electrons. The molecular formula is C40H78N2O2S2. The van der Waals surface area contributed by atoms with Gasteiger partial charge in [0, 0.05) is 18.1 Å². The van der Waals surface area contributed by atoms with Crippen LogP contribution in [0.15, 0.2) is 24.3 Å². The normalized spacial score (nSPS) is 12.0. The number of allylic oxidation sites excluding steroid dienone is 4. The number of hydrogen-bond acceptors (Lipinski definition) is 6. The molecule has 0 aliphatic heterocycles. The van der Waals surface area contributed by atoms with Crippen molar-refractivity contribution in [1.82, 2.24) is 9.80 Å². The molecule has 0 spiro atoms. The number of rotatable bonds is 37. The van der Waals surface area contributed by atoms with E-state index in [0.717, 1.165) is 51.4 Å². The molecule has 4 nitrogen and oxygen atoms in total. The molecule has 0 saturated carbocycles. The first-order valence-corrected chi connectivity index (χ1v) is 22.3. The van der Waals surface area contributed by atoms with Crippen LogP contribution >= 0.6 is 21.6 Å². The highest BCUT2D eigenvalue weighted by molar-refractivity contribution is 8.76. The minimum atomic E-state index is -0.0283. The molecule has 6 heteroatoms. The highest BCUT2D eigenvalue weighted by Gasteiger charge is 2.10. The maximum absolute atomic E-state index is 12.5. The summed E-state index contributed by atoms with van der Waals surface area (Å²) in [7, 11) is 3.80. The number of unbranched alkanes of at least 4 members (excludes halogenated alkanes) is 16. The molecule has 0 rings (SSSR count). The first-order valence-electron chi connectivity index (χ1n) is 19.8. The van der Waals surface area contributed by atoms with Gasteiger partial charge in [0.1, 0.15) is 6.61 Å². The van der Waals surface area contributed by atoms with Gasteiger partial charge in [-0.1, -0.05) is 157 Å². The molecule has 0 saturated heterocycles. The van der Waals surface area contributed by atoms with Gasteiger partial charge in [-0.05, 0) is 84.1 Å². The van der Waals surface area contributed by atoms with Crippen molar-refractivity contribution >= 4 is 27.6 Å². The zero-order valence-corrected chi connectivity index (χ0v) is 32.9. The standard InChI is InChI=1S/C40H78N2O2S2/c1-5-9-11-13-15-17-18-19-20-21-22-23-24-25-27-29-33-42(35-31-34-41(7-3)8-4)36-32-40(43)44-37-39-46-45-38-30-28-26-16-14-12-10-6-2/h15,17,19-20H,5-14,16,18,21-39H2,1-4H3/b17-15-,20-19-. The fourth-order valence-corrected chi connectivity index (χ4v) is 7.61. The third-order valence-electron chi connectivity index (χ3n) is 8.74. The molecule has 0 heterocycles. The highest BCUT2D eigenvalue weighted by atomic mass is 33.1. The molecule has 0 unspecified atom stereocenters. The monoisotopic (exact) mass is 683 g/mol. The molecule has 0 atom stereocenters. The van der Waals surface area contributed by atoms with Crippen LogP contribution in [0, 0.1) is 0 Å². The van der Waals surface area contributed by atoms with Crippen molar-refractivity contribution in [2.45, 2.75) is 169 Å². The molecule has 0 aliphatic carbocycles. The summed E-state index contributed by atoms with van der Waals surface area (Å²) in [6.07, 6.45) is 37.4. The molecule has 0 amide bonds. The Hall–Kier alpha value is -0.430. The first-order chi connectivity index (χ1) is 22.7. The van der Waals surface area contributed by atoms with Crippen LogP contribution in [0.3, 0.4) is 0 Å². The lowest BCUT2D eigenvalue weighted by Gasteiger charge is -2.24. The van der Waals surface area contributed by atoms with Gasteiger partial charge in [0.25, 0.3) is 0 Å². The number of carbonyl (C=O) groups is 1. The van der Waals surface area contributed by atoms with E-state index in [9.17, 15) is 4.79 Å². The van der Waals surface area contributed by atoms with Gasteiger partial charge < -0.3 is 14.5 Å². The van der Waals surface area contributed by atoms with Crippen LogP contribution in [0.1, 0.15) is 169 Å². The third kappa shape index (κ3) is 34.9. The molecule has 0 fully saturated rings. The Kier molecular flexibility index (Phi) is 38.6. The van der Waals surface area contributed by atoms with Crippen molar-refractivity contribution in [2.75, 3.05) is 57.4 Å².